The third-order valence-corrected chi connectivity index (χ3v) is 9.58. The number of aliphatic hydroxyl groups is 2. The molecule has 0 spiro atoms. The number of ether oxygens (including phenoxy) is 3. The first-order valence-electron chi connectivity index (χ1n) is 14.8. The predicted octanol–water partition coefficient (Wildman–Crippen LogP) is 2.56. The molecule has 2 aromatic rings. The Bertz CT molecular complexity index is 1500. The molecule has 4 aliphatic rings. The van der Waals surface area contributed by atoms with Crippen LogP contribution in [0.25, 0.3) is 0 Å². The monoisotopic (exact) mass is 595 g/mol. The first-order valence-corrected chi connectivity index (χ1v) is 14.8. The molecule has 0 bridgehead atoms. The number of carbonyl (C=O) groups is 3. The molecule has 0 saturated carbocycles. The fourth-order valence-corrected chi connectivity index (χ4v) is 7.21. The quantitative estimate of drug-likeness (QED) is 0.321. The second-order valence-electron chi connectivity index (χ2n) is 12.1. The van der Waals surface area contributed by atoms with E-state index >= 15 is 0 Å². The zero-order valence-electron chi connectivity index (χ0n) is 24.5. The average Bonchev–Trinajstić information content (AvgIpc) is 2.99. The topological polar surface area (TPSA) is 163 Å². The van der Waals surface area contributed by atoms with Gasteiger partial charge < -0.3 is 34.6 Å². The number of methoxy groups -OCH3 is 1. The number of phenolic OH excluding ortho intramolecular Hbond substituents is 2. The molecule has 2 aromatic carbocycles. The zero-order chi connectivity index (χ0) is 30.8. The molecule has 0 radical (unpaired) electrons. The number of piperidine rings is 1. The maximum absolute atomic E-state index is 13.8. The van der Waals surface area contributed by atoms with E-state index in [4.69, 9.17) is 14.2 Å². The normalized spacial score (nSPS) is 30.8. The SMILES string of the molecule is COc1cccc2c1C(=O)c1c(O)c3c(c(O)c1C2=O)C[C@@](O)(C(C)=O)C[C@@H]3O[C@H]1C[C@H](N2CCCCC2)[C@H](O)[C@H](C)O1. The van der Waals surface area contributed by atoms with E-state index in [-0.39, 0.29) is 52.5 Å². The summed E-state index contributed by atoms with van der Waals surface area (Å²) < 4.78 is 17.7. The van der Waals surface area contributed by atoms with Gasteiger partial charge in [0.15, 0.2) is 17.9 Å². The molecule has 11 heteroatoms. The van der Waals surface area contributed by atoms with Gasteiger partial charge in [0.25, 0.3) is 0 Å². The van der Waals surface area contributed by atoms with Crippen molar-refractivity contribution in [2.75, 3.05) is 20.2 Å². The Morgan fingerprint density at radius 2 is 1.74 bits per heavy atom. The molecule has 0 unspecified atom stereocenters. The molecule has 2 heterocycles. The van der Waals surface area contributed by atoms with E-state index in [1.165, 1.54) is 26.2 Å². The Kier molecular flexibility index (Phi) is 7.58. The van der Waals surface area contributed by atoms with Gasteiger partial charge in [-0.3, -0.25) is 19.3 Å². The average molecular weight is 596 g/mol. The van der Waals surface area contributed by atoms with Gasteiger partial charge in [0.05, 0.1) is 42.1 Å². The molecule has 0 amide bonds. The second kappa shape index (κ2) is 11.0. The smallest absolute Gasteiger partial charge is 0.202 e. The van der Waals surface area contributed by atoms with Crippen LogP contribution in [0.5, 0.6) is 17.2 Å². The minimum atomic E-state index is -1.98. The first kappa shape index (κ1) is 29.7. The van der Waals surface area contributed by atoms with Crippen LogP contribution in [-0.2, 0) is 20.7 Å². The van der Waals surface area contributed by atoms with Crippen LogP contribution < -0.4 is 4.74 Å². The molecule has 2 aliphatic carbocycles. The van der Waals surface area contributed by atoms with Crippen molar-refractivity contribution in [2.45, 2.75) is 88.6 Å². The summed E-state index contributed by atoms with van der Waals surface area (Å²) in [6.07, 6.45) is -0.660. The zero-order valence-corrected chi connectivity index (χ0v) is 24.5. The van der Waals surface area contributed by atoms with Gasteiger partial charge in [-0.15, -0.1) is 0 Å². The Morgan fingerprint density at radius 3 is 2.42 bits per heavy atom. The maximum Gasteiger partial charge on any atom is 0.202 e. The van der Waals surface area contributed by atoms with E-state index in [2.05, 4.69) is 4.90 Å². The van der Waals surface area contributed by atoms with Crippen molar-refractivity contribution in [2.24, 2.45) is 0 Å². The molecule has 2 fully saturated rings. The van der Waals surface area contributed by atoms with Gasteiger partial charge in [-0.1, -0.05) is 18.6 Å². The number of likely N-dealkylation sites (tertiary alicyclic amines) is 1. The minimum Gasteiger partial charge on any atom is -0.507 e. The van der Waals surface area contributed by atoms with Gasteiger partial charge in [0.2, 0.25) is 5.78 Å². The van der Waals surface area contributed by atoms with E-state index in [1.807, 2.05) is 0 Å². The third-order valence-electron chi connectivity index (χ3n) is 9.58. The number of nitrogens with zero attached hydrogens (tertiary/aromatic N) is 1. The van der Waals surface area contributed by atoms with E-state index in [0.717, 1.165) is 32.4 Å². The number of hydrogen-bond acceptors (Lipinski definition) is 11. The summed E-state index contributed by atoms with van der Waals surface area (Å²) in [5.74, 6) is -3.01. The second-order valence-corrected chi connectivity index (χ2v) is 12.1. The van der Waals surface area contributed by atoms with Crippen molar-refractivity contribution in [3.8, 4) is 17.2 Å². The first-order chi connectivity index (χ1) is 20.5. The molecule has 4 N–H and O–H groups in total. The number of fused-ring (bicyclic) bond motifs is 3. The highest BCUT2D eigenvalue weighted by molar-refractivity contribution is 6.31. The van der Waals surface area contributed by atoms with Crippen molar-refractivity contribution in [1.29, 1.82) is 0 Å². The van der Waals surface area contributed by atoms with E-state index in [1.54, 1.807) is 13.0 Å². The number of phenols is 2. The molecule has 6 atom stereocenters. The molecular weight excluding hydrogens is 558 g/mol. The van der Waals surface area contributed by atoms with Gasteiger partial charge in [-0.05, 0) is 45.8 Å². The Morgan fingerprint density at radius 1 is 1.05 bits per heavy atom. The van der Waals surface area contributed by atoms with Crippen molar-refractivity contribution < 1.29 is 49.0 Å². The number of aromatic hydroxyl groups is 2. The van der Waals surface area contributed by atoms with Crippen LogP contribution in [0, 0.1) is 0 Å². The van der Waals surface area contributed by atoms with Crippen LogP contribution in [0.3, 0.4) is 0 Å². The maximum atomic E-state index is 13.8. The van der Waals surface area contributed by atoms with E-state index in [0.29, 0.717) is 0 Å². The fourth-order valence-electron chi connectivity index (χ4n) is 7.21. The van der Waals surface area contributed by atoms with Crippen molar-refractivity contribution in [3.05, 3.63) is 51.6 Å². The highest BCUT2D eigenvalue weighted by Gasteiger charge is 2.50. The van der Waals surface area contributed by atoms with Crippen LogP contribution >= 0.6 is 0 Å². The number of aliphatic hydroxyl groups excluding tert-OH is 1. The summed E-state index contributed by atoms with van der Waals surface area (Å²) in [4.78, 5) is 42.4. The van der Waals surface area contributed by atoms with Gasteiger partial charge in [-0.2, -0.15) is 0 Å². The molecule has 11 nitrogen and oxygen atoms in total. The van der Waals surface area contributed by atoms with Crippen molar-refractivity contribution >= 4 is 17.3 Å². The highest BCUT2D eigenvalue weighted by atomic mass is 16.7. The number of rotatable bonds is 5. The van der Waals surface area contributed by atoms with Crippen LogP contribution in [0.1, 0.15) is 95.0 Å². The number of carbonyl (C=O) groups excluding carboxylic acids is 3. The number of hydrogen-bond donors (Lipinski definition) is 4. The summed E-state index contributed by atoms with van der Waals surface area (Å²) in [5, 5.41) is 45.6. The standard InChI is InChI=1S/C32H37NO10/c1-15-27(35)19(33-10-5-4-6-11-33)12-22(42-15)43-21-14-32(40,16(2)34)13-18-24(21)31(39)26-25(29(18)37)28(36)17-8-7-9-20(41-3)23(17)30(26)38/h7-9,15,19,21-22,27,35,37,39-40H,4-6,10-14H2,1-3H3/t15-,19-,21-,22-,27+,32-/m0/s1. The van der Waals surface area contributed by atoms with Crippen molar-refractivity contribution in [1.82, 2.24) is 4.90 Å². The number of benzene rings is 2. The predicted molar refractivity (Wildman–Crippen MR) is 152 cm³/mol. The summed E-state index contributed by atoms with van der Waals surface area (Å²) in [6, 6.07) is 4.25. The molecule has 2 aliphatic heterocycles. The summed E-state index contributed by atoms with van der Waals surface area (Å²) >= 11 is 0. The van der Waals surface area contributed by atoms with Crippen LogP contribution in [0.2, 0.25) is 0 Å². The van der Waals surface area contributed by atoms with Crippen LogP contribution in [0.4, 0.5) is 0 Å². The lowest BCUT2D eigenvalue weighted by Gasteiger charge is -2.46. The molecular formula is C32H37NO10. The minimum absolute atomic E-state index is 0.00356. The third kappa shape index (κ3) is 4.74. The van der Waals surface area contributed by atoms with Crippen LogP contribution in [0.15, 0.2) is 18.2 Å². The van der Waals surface area contributed by atoms with Crippen molar-refractivity contribution in [3.63, 3.8) is 0 Å². The molecule has 230 valence electrons. The molecule has 43 heavy (non-hydrogen) atoms. The Balaban J connectivity index is 1.44. The fraction of sp³-hybridized carbons (Fsp3) is 0.531. The van der Waals surface area contributed by atoms with Gasteiger partial charge in [-0.25, -0.2) is 0 Å². The number of Topliss-reactive ketones (excluding diaryl/α,β-unsaturated/α-hetero) is 1. The Hall–Kier alpha value is -3.35. The highest BCUT2D eigenvalue weighted by Crippen LogP contribution is 2.52. The molecule has 2 saturated heterocycles. The van der Waals surface area contributed by atoms with E-state index < -0.39 is 71.0 Å². The summed E-state index contributed by atoms with van der Waals surface area (Å²) in [7, 11) is 1.36. The Labute approximate surface area is 249 Å². The van der Waals surface area contributed by atoms with Gasteiger partial charge in [0, 0.05) is 42.0 Å². The lowest BCUT2D eigenvalue weighted by Crippen LogP contribution is -2.56. The summed E-state index contributed by atoms with van der Waals surface area (Å²) in [6.45, 7) is 4.63. The van der Waals surface area contributed by atoms with Crippen LogP contribution in [-0.4, -0.2) is 93.0 Å². The summed E-state index contributed by atoms with van der Waals surface area (Å²) in [5.41, 5.74) is -2.83. The van der Waals surface area contributed by atoms with Gasteiger partial charge >= 0.3 is 0 Å². The van der Waals surface area contributed by atoms with Gasteiger partial charge in [0.1, 0.15) is 22.8 Å². The van der Waals surface area contributed by atoms with E-state index in [9.17, 15) is 34.8 Å². The number of ketones is 3. The largest absolute Gasteiger partial charge is 0.507 e. The molecule has 0 aromatic heterocycles. The molecule has 6 rings (SSSR count). The lowest BCUT2D eigenvalue weighted by atomic mass is 9.72. The lowest BCUT2D eigenvalue weighted by molar-refractivity contribution is -0.259.